The predicted molar refractivity (Wildman–Crippen MR) is 136 cm³/mol. The highest BCUT2D eigenvalue weighted by atomic mass is 32.3. The summed E-state index contributed by atoms with van der Waals surface area (Å²) in [7, 11) is -10.5. The van der Waals surface area contributed by atoms with Crippen molar-refractivity contribution in [2.75, 3.05) is 52.4 Å². The van der Waals surface area contributed by atoms with E-state index >= 15 is 0 Å². The van der Waals surface area contributed by atoms with Gasteiger partial charge < -0.3 is 18.1 Å². The van der Waals surface area contributed by atoms with Crippen LogP contribution in [0.2, 0.25) is 0 Å². The van der Waals surface area contributed by atoms with E-state index in [-0.39, 0.29) is 0 Å². The Balaban J connectivity index is -0.000000910. The van der Waals surface area contributed by atoms with Crippen molar-refractivity contribution in [3.05, 3.63) is 0 Å². The summed E-state index contributed by atoms with van der Waals surface area (Å²) >= 11 is 0. The molecule has 0 amide bonds. The molecule has 0 aromatic carbocycles. The summed E-state index contributed by atoms with van der Waals surface area (Å²) in [5, 5.41) is -8.66. The molecule has 0 radical (unpaired) electrons. The molecule has 0 saturated heterocycles. The number of rotatable bonds is 15. The Labute approximate surface area is 266 Å². The van der Waals surface area contributed by atoms with Gasteiger partial charge in [-0.25, -0.2) is 0 Å². The SMILES string of the molecule is CC[N+](CC)(CC)CC.CC[N+](CC)(CC)CC.O=S([O-])([O-])(F)C(F)(F)C(F)(F)C(F)(F)C(F)(F)C(F)(F)C(F)(F)C(F)(F)C(F)(F)F. The first-order valence-corrected chi connectivity index (χ1v) is 15.7. The van der Waals surface area contributed by atoms with Gasteiger partial charge in [-0.2, -0.15) is 78.5 Å². The third kappa shape index (κ3) is 8.96. The van der Waals surface area contributed by atoms with Gasteiger partial charge in [0.1, 0.15) is 0 Å². The fourth-order valence-electron chi connectivity index (χ4n) is 4.04. The smallest absolute Gasteiger partial charge is 0.460 e. The Morgan fingerprint density at radius 2 is 0.562 bits per heavy atom. The molecule has 0 rings (SSSR count). The Hall–Kier alpha value is -1.27. The van der Waals surface area contributed by atoms with Gasteiger partial charge in [0, 0.05) is 0 Å². The maximum atomic E-state index is 13.0. The topological polar surface area (TPSA) is 63.2 Å². The lowest BCUT2D eigenvalue weighted by Crippen LogP contribution is -2.76. The van der Waals surface area contributed by atoms with Gasteiger partial charge in [0.15, 0.2) is 0 Å². The van der Waals surface area contributed by atoms with Gasteiger partial charge in [0.25, 0.3) is 0 Å². The zero-order chi connectivity index (χ0) is 40.1. The molecule has 0 aromatic heterocycles. The van der Waals surface area contributed by atoms with Crippen molar-refractivity contribution < 1.29 is 101 Å². The molecule has 0 bridgehead atoms. The molecule has 0 aromatic rings. The second kappa shape index (κ2) is 15.5. The molecular formula is C24H40F18N2O3S. The molecular weight excluding hydrogens is 738 g/mol. The highest BCUT2D eigenvalue weighted by Gasteiger charge is 2.96. The van der Waals surface area contributed by atoms with Crippen LogP contribution in [-0.2, 0) is 10.0 Å². The number of nitrogens with zero attached hydrogens (tertiary/aromatic N) is 2. The third-order valence-corrected chi connectivity index (χ3v) is 9.55. The molecule has 0 unspecified atom stereocenters. The van der Waals surface area contributed by atoms with Crippen LogP contribution in [0.3, 0.4) is 0 Å². The first-order chi connectivity index (χ1) is 20.7. The summed E-state index contributed by atoms with van der Waals surface area (Å²) in [4.78, 5) is 0. The zero-order valence-electron chi connectivity index (χ0n) is 27.0. The van der Waals surface area contributed by atoms with Crippen LogP contribution >= 0.6 is 0 Å². The Morgan fingerprint density at radius 3 is 0.688 bits per heavy atom. The Kier molecular flexibility index (Phi) is 16.5. The van der Waals surface area contributed by atoms with Gasteiger partial charge in [0.2, 0.25) is 0 Å². The van der Waals surface area contributed by atoms with Crippen molar-refractivity contribution in [2.45, 2.75) is 102 Å². The van der Waals surface area contributed by atoms with Crippen molar-refractivity contribution in [2.24, 2.45) is 0 Å². The molecule has 24 heteroatoms. The monoisotopic (exact) mass is 778 g/mol. The van der Waals surface area contributed by atoms with Crippen LogP contribution in [0.4, 0.5) is 78.5 Å². The van der Waals surface area contributed by atoms with Gasteiger partial charge in [-0.05, 0) is 65.4 Å². The molecule has 48 heavy (non-hydrogen) atoms. The van der Waals surface area contributed by atoms with E-state index in [2.05, 4.69) is 55.4 Å². The van der Waals surface area contributed by atoms with Crippen LogP contribution in [0.25, 0.3) is 0 Å². The molecule has 0 N–H and O–H groups in total. The first kappa shape index (κ1) is 51.1. The maximum Gasteiger partial charge on any atom is 0.460 e. The normalized spacial score (nSPS) is 15.9. The van der Waals surface area contributed by atoms with E-state index < -0.39 is 57.0 Å². The number of alkyl halides is 17. The fourth-order valence-corrected chi connectivity index (χ4v) is 4.58. The molecule has 0 fully saturated rings. The summed E-state index contributed by atoms with van der Waals surface area (Å²) in [5.74, 6) is -53.3. The predicted octanol–water partition coefficient (Wildman–Crippen LogP) is 8.68. The van der Waals surface area contributed by atoms with Gasteiger partial charge in [-0.3, -0.25) is 4.21 Å². The average molecular weight is 779 g/mol. The summed E-state index contributed by atoms with van der Waals surface area (Å²) in [6.45, 7) is 28.4. The minimum Gasteiger partial charge on any atom is -0.772 e. The van der Waals surface area contributed by atoms with Gasteiger partial charge in [0.05, 0.1) is 52.4 Å². The lowest BCUT2D eigenvalue weighted by Gasteiger charge is -2.54. The number of hydrogen-bond acceptors (Lipinski definition) is 3. The van der Waals surface area contributed by atoms with Gasteiger partial charge >= 0.3 is 47.0 Å². The zero-order valence-corrected chi connectivity index (χ0v) is 27.8. The second-order valence-electron chi connectivity index (χ2n) is 10.4. The van der Waals surface area contributed by atoms with Crippen LogP contribution < -0.4 is 0 Å². The van der Waals surface area contributed by atoms with E-state index in [1.165, 1.54) is 61.3 Å². The second-order valence-corrected chi connectivity index (χ2v) is 12.3. The molecule has 0 aliphatic heterocycles. The molecule has 0 atom stereocenters. The highest BCUT2D eigenvalue weighted by Crippen LogP contribution is 2.65. The summed E-state index contributed by atoms with van der Waals surface area (Å²) in [6.07, 6.45) is -7.96. The fraction of sp³-hybridized carbons (Fsp3) is 1.00. The summed E-state index contributed by atoms with van der Waals surface area (Å²) in [5.41, 5.74) is 0. The lowest BCUT2D eigenvalue weighted by molar-refractivity contribution is -0.921. The quantitative estimate of drug-likeness (QED) is 0.0951. The number of quaternary nitrogens is 2. The molecule has 0 heterocycles. The van der Waals surface area contributed by atoms with Crippen LogP contribution in [-0.4, -0.2) is 122 Å². The highest BCUT2D eigenvalue weighted by molar-refractivity contribution is 8.06. The standard InChI is InChI=1S/C8H2F18O3S.2C8H20N/c9-1(10,3(13,14)5(17,18)7(21,22)23)2(11,12)4(15,16)6(19,20)8(24,25)30(26,27,28)29;2*1-5-9(6-2,7-3)8-4/h(H2,27,28,29);2*5-8H2,1-4H3/q;2*+1/p-2. The molecule has 0 aliphatic rings. The van der Waals surface area contributed by atoms with Crippen molar-refractivity contribution >= 4 is 10.0 Å². The number of hydrogen-bond donors (Lipinski definition) is 0. The van der Waals surface area contributed by atoms with E-state index in [1.807, 2.05) is 0 Å². The van der Waals surface area contributed by atoms with E-state index in [1.54, 1.807) is 0 Å². The molecule has 296 valence electrons. The van der Waals surface area contributed by atoms with Crippen molar-refractivity contribution in [1.82, 2.24) is 0 Å². The molecule has 0 saturated carbocycles. The van der Waals surface area contributed by atoms with Crippen LogP contribution in [0, 0.1) is 0 Å². The Morgan fingerprint density at radius 1 is 0.396 bits per heavy atom. The lowest BCUT2D eigenvalue weighted by atomic mass is 9.91. The Bertz CT molecular complexity index is 1000. The summed E-state index contributed by atoms with van der Waals surface area (Å²) in [6, 6.07) is 0. The van der Waals surface area contributed by atoms with E-state index in [9.17, 15) is 91.8 Å². The van der Waals surface area contributed by atoms with Crippen LogP contribution in [0.5, 0.6) is 0 Å². The average Bonchev–Trinajstić information content (AvgIpc) is 2.94. The first-order valence-electron chi connectivity index (χ1n) is 14.0. The minimum absolute atomic E-state index is 1.28. The molecule has 0 aliphatic carbocycles. The summed E-state index contributed by atoms with van der Waals surface area (Å²) < 4.78 is 259. The molecule has 5 nitrogen and oxygen atoms in total. The van der Waals surface area contributed by atoms with Crippen molar-refractivity contribution in [1.29, 1.82) is 0 Å². The van der Waals surface area contributed by atoms with E-state index in [0.717, 1.165) is 0 Å². The maximum absolute atomic E-state index is 13.0. The van der Waals surface area contributed by atoms with Crippen molar-refractivity contribution in [3.8, 4) is 0 Å². The minimum atomic E-state index is -10.5. The van der Waals surface area contributed by atoms with Crippen LogP contribution in [0.1, 0.15) is 55.4 Å². The van der Waals surface area contributed by atoms with Gasteiger partial charge in [-0.1, -0.05) is 0 Å². The number of halogens is 18. The van der Waals surface area contributed by atoms with E-state index in [0.29, 0.717) is 0 Å². The van der Waals surface area contributed by atoms with Crippen LogP contribution in [0.15, 0.2) is 0 Å². The largest absolute Gasteiger partial charge is 0.772 e. The molecule has 0 spiro atoms. The third-order valence-electron chi connectivity index (χ3n) is 8.47. The van der Waals surface area contributed by atoms with E-state index in [4.69, 9.17) is 0 Å². The van der Waals surface area contributed by atoms with Crippen molar-refractivity contribution in [3.63, 3.8) is 0 Å². The van der Waals surface area contributed by atoms with Gasteiger partial charge in [-0.15, -0.1) is 0 Å².